The summed E-state index contributed by atoms with van der Waals surface area (Å²) in [5.41, 5.74) is 0.447. The highest BCUT2D eigenvalue weighted by atomic mass is 79.9. The standard InChI is InChI=1S/C16H23BrO/c1-16(2,3)12-4-8-14(9-5-12)18-15-10-6-13(17)7-11-15/h6-7,10-12,14H,4-5,8-9H2,1-3H3/t12-,14+. The van der Waals surface area contributed by atoms with Gasteiger partial charge in [-0.15, -0.1) is 0 Å². The molecule has 1 saturated carbocycles. The lowest BCUT2D eigenvalue weighted by Crippen LogP contribution is -2.30. The van der Waals surface area contributed by atoms with E-state index in [9.17, 15) is 0 Å². The largest absolute Gasteiger partial charge is 0.490 e. The van der Waals surface area contributed by atoms with Crippen LogP contribution >= 0.6 is 15.9 Å². The zero-order chi connectivity index (χ0) is 13.2. The van der Waals surface area contributed by atoms with Crippen molar-refractivity contribution in [3.05, 3.63) is 28.7 Å². The fraction of sp³-hybridized carbons (Fsp3) is 0.625. The molecular weight excluding hydrogens is 288 g/mol. The summed E-state index contributed by atoms with van der Waals surface area (Å²) in [5, 5.41) is 0. The Morgan fingerprint density at radius 1 is 1.00 bits per heavy atom. The highest BCUT2D eigenvalue weighted by molar-refractivity contribution is 9.10. The molecule has 0 saturated heterocycles. The van der Waals surface area contributed by atoms with Crippen molar-refractivity contribution in [1.82, 2.24) is 0 Å². The van der Waals surface area contributed by atoms with Crippen LogP contribution in [0.4, 0.5) is 0 Å². The third-order valence-corrected chi connectivity index (χ3v) is 4.54. The highest BCUT2D eigenvalue weighted by Crippen LogP contribution is 2.38. The van der Waals surface area contributed by atoms with E-state index >= 15 is 0 Å². The third-order valence-electron chi connectivity index (χ3n) is 4.02. The van der Waals surface area contributed by atoms with Crippen molar-refractivity contribution in [3.63, 3.8) is 0 Å². The van der Waals surface area contributed by atoms with Gasteiger partial charge in [-0.1, -0.05) is 36.7 Å². The Labute approximate surface area is 119 Å². The molecule has 2 rings (SSSR count). The molecule has 1 aromatic carbocycles. The Kier molecular flexibility index (Phi) is 4.37. The molecule has 0 bridgehead atoms. The lowest BCUT2D eigenvalue weighted by molar-refractivity contribution is 0.0882. The van der Waals surface area contributed by atoms with Gasteiger partial charge in [0.1, 0.15) is 5.75 Å². The Hall–Kier alpha value is -0.500. The number of ether oxygens (including phenoxy) is 1. The van der Waals surface area contributed by atoms with Crippen LogP contribution in [-0.2, 0) is 0 Å². The van der Waals surface area contributed by atoms with Crippen molar-refractivity contribution in [1.29, 1.82) is 0 Å². The summed E-state index contributed by atoms with van der Waals surface area (Å²) in [5.74, 6) is 1.85. The van der Waals surface area contributed by atoms with E-state index in [0.29, 0.717) is 11.5 Å². The second kappa shape index (κ2) is 5.64. The maximum atomic E-state index is 6.05. The van der Waals surface area contributed by atoms with E-state index in [-0.39, 0.29) is 0 Å². The van der Waals surface area contributed by atoms with Gasteiger partial charge in [0.05, 0.1) is 6.10 Å². The molecule has 0 spiro atoms. The molecular formula is C16H23BrO. The first-order chi connectivity index (χ1) is 8.45. The van der Waals surface area contributed by atoms with Gasteiger partial charge in [0.15, 0.2) is 0 Å². The van der Waals surface area contributed by atoms with Crippen LogP contribution in [0.25, 0.3) is 0 Å². The number of hydrogen-bond donors (Lipinski definition) is 0. The van der Waals surface area contributed by atoms with E-state index in [1.807, 2.05) is 24.3 Å². The molecule has 0 aliphatic heterocycles. The molecule has 1 nitrogen and oxygen atoms in total. The van der Waals surface area contributed by atoms with Crippen LogP contribution < -0.4 is 4.74 Å². The molecule has 0 aromatic heterocycles. The van der Waals surface area contributed by atoms with Gasteiger partial charge in [0.25, 0.3) is 0 Å². The minimum absolute atomic E-state index is 0.407. The fourth-order valence-corrected chi connectivity index (χ4v) is 3.02. The summed E-state index contributed by atoms with van der Waals surface area (Å²) in [6, 6.07) is 8.16. The van der Waals surface area contributed by atoms with E-state index in [1.165, 1.54) is 25.7 Å². The topological polar surface area (TPSA) is 9.23 Å². The first-order valence-corrected chi connectivity index (χ1v) is 7.66. The summed E-state index contributed by atoms with van der Waals surface area (Å²) in [4.78, 5) is 0. The zero-order valence-electron chi connectivity index (χ0n) is 11.6. The van der Waals surface area contributed by atoms with Crippen molar-refractivity contribution in [2.75, 3.05) is 0 Å². The van der Waals surface area contributed by atoms with Gasteiger partial charge < -0.3 is 4.74 Å². The molecule has 0 amide bonds. The Morgan fingerprint density at radius 2 is 1.56 bits per heavy atom. The molecule has 1 fully saturated rings. The molecule has 0 N–H and O–H groups in total. The van der Waals surface area contributed by atoms with Crippen molar-refractivity contribution in [2.45, 2.75) is 52.6 Å². The predicted octanol–water partition coefficient (Wildman–Crippen LogP) is 5.43. The average molecular weight is 311 g/mol. The van der Waals surface area contributed by atoms with Gasteiger partial charge >= 0.3 is 0 Å². The predicted molar refractivity (Wildman–Crippen MR) is 80.0 cm³/mol. The number of benzene rings is 1. The van der Waals surface area contributed by atoms with E-state index in [0.717, 1.165) is 16.1 Å². The van der Waals surface area contributed by atoms with Crippen LogP contribution in [0.15, 0.2) is 28.7 Å². The molecule has 18 heavy (non-hydrogen) atoms. The zero-order valence-corrected chi connectivity index (χ0v) is 13.2. The minimum atomic E-state index is 0.407. The first-order valence-electron chi connectivity index (χ1n) is 6.87. The molecule has 2 heteroatoms. The molecule has 0 atom stereocenters. The van der Waals surface area contributed by atoms with Gasteiger partial charge in [0, 0.05) is 4.47 Å². The van der Waals surface area contributed by atoms with Gasteiger partial charge in [0.2, 0.25) is 0 Å². The van der Waals surface area contributed by atoms with Crippen LogP contribution in [0.1, 0.15) is 46.5 Å². The molecule has 1 aromatic rings. The second-order valence-electron chi connectivity index (χ2n) is 6.41. The van der Waals surface area contributed by atoms with Crippen molar-refractivity contribution < 1.29 is 4.74 Å². The highest BCUT2D eigenvalue weighted by Gasteiger charge is 2.30. The molecule has 0 radical (unpaired) electrons. The normalized spacial score (nSPS) is 24.9. The van der Waals surface area contributed by atoms with E-state index < -0.39 is 0 Å². The lowest BCUT2D eigenvalue weighted by atomic mass is 9.72. The van der Waals surface area contributed by atoms with Gasteiger partial charge in [-0.3, -0.25) is 0 Å². The fourth-order valence-electron chi connectivity index (χ4n) is 2.75. The maximum Gasteiger partial charge on any atom is 0.119 e. The summed E-state index contributed by atoms with van der Waals surface area (Å²) < 4.78 is 7.15. The average Bonchev–Trinajstić information content (AvgIpc) is 2.32. The number of halogens is 1. The van der Waals surface area contributed by atoms with Crippen molar-refractivity contribution in [3.8, 4) is 5.75 Å². The molecule has 0 heterocycles. The van der Waals surface area contributed by atoms with Crippen LogP contribution in [0.2, 0.25) is 0 Å². The van der Waals surface area contributed by atoms with E-state index in [4.69, 9.17) is 4.74 Å². The van der Waals surface area contributed by atoms with E-state index in [1.54, 1.807) is 0 Å². The molecule has 0 unspecified atom stereocenters. The second-order valence-corrected chi connectivity index (χ2v) is 7.33. The molecule has 1 aliphatic rings. The Bertz CT molecular complexity index is 369. The SMILES string of the molecule is CC(C)(C)[C@H]1CC[C@@H](Oc2ccc(Br)cc2)CC1. The Balaban J connectivity index is 1.85. The lowest BCUT2D eigenvalue weighted by Gasteiger charge is -2.36. The van der Waals surface area contributed by atoms with Gasteiger partial charge in [-0.2, -0.15) is 0 Å². The van der Waals surface area contributed by atoms with Gasteiger partial charge in [-0.25, -0.2) is 0 Å². The van der Waals surface area contributed by atoms with Gasteiger partial charge in [-0.05, 0) is 61.3 Å². The quantitative estimate of drug-likeness (QED) is 0.707. The smallest absolute Gasteiger partial charge is 0.119 e. The monoisotopic (exact) mass is 310 g/mol. The summed E-state index contributed by atoms with van der Waals surface area (Å²) in [6.07, 6.45) is 5.38. The van der Waals surface area contributed by atoms with Crippen molar-refractivity contribution in [2.24, 2.45) is 11.3 Å². The summed E-state index contributed by atoms with van der Waals surface area (Å²) >= 11 is 3.44. The van der Waals surface area contributed by atoms with E-state index in [2.05, 4.69) is 36.7 Å². The van der Waals surface area contributed by atoms with Crippen LogP contribution in [0.5, 0.6) is 5.75 Å². The number of rotatable bonds is 2. The summed E-state index contributed by atoms with van der Waals surface area (Å²) in [6.45, 7) is 7.06. The first kappa shape index (κ1) is 13.9. The van der Waals surface area contributed by atoms with Crippen LogP contribution in [0.3, 0.4) is 0 Å². The molecule has 1 aliphatic carbocycles. The maximum absolute atomic E-state index is 6.05. The van der Waals surface area contributed by atoms with Crippen molar-refractivity contribution >= 4 is 15.9 Å². The third kappa shape index (κ3) is 3.74. The summed E-state index contributed by atoms with van der Waals surface area (Å²) in [7, 11) is 0. The van der Waals surface area contributed by atoms with Crippen LogP contribution in [0, 0.1) is 11.3 Å². The minimum Gasteiger partial charge on any atom is -0.490 e. The number of hydrogen-bond acceptors (Lipinski definition) is 1. The van der Waals surface area contributed by atoms with Crippen LogP contribution in [-0.4, -0.2) is 6.10 Å². The Morgan fingerprint density at radius 3 is 2.06 bits per heavy atom. The molecule has 100 valence electrons.